The van der Waals surface area contributed by atoms with Crippen LogP contribution in [0.3, 0.4) is 0 Å². The van der Waals surface area contributed by atoms with Crippen LogP contribution in [0.1, 0.15) is 33.6 Å². The molecule has 1 aliphatic heterocycles. The fourth-order valence-corrected chi connectivity index (χ4v) is 2.84. The molecule has 1 fully saturated rings. The number of hydrogen-bond acceptors (Lipinski definition) is 4. The lowest BCUT2D eigenvalue weighted by molar-refractivity contribution is 0.0220. The predicted octanol–water partition coefficient (Wildman–Crippen LogP) is 2.11. The molecule has 1 aliphatic rings. The van der Waals surface area contributed by atoms with E-state index in [-0.39, 0.29) is 12.7 Å². The van der Waals surface area contributed by atoms with Crippen molar-refractivity contribution in [2.75, 3.05) is 25.4 Å². The van der Waals surface area contributed by atoms with E-state index in [1.54, 1.807) is 16.7 Å². The van der Waals surface area contributed by atoms with Crippen LogP contribution in [0.4, 0.5) is 4.79 Å². The SMILES string of the molecule is CC(C)(C)OC(=O)N1CCC[C@H](SCCO)C1. The van der Waals surface area contributed by atoms with Gasteiger partial charge in [0.15, 0.2) is 0 Å². The standard InChI is InChI=1S/C12H23NO3S/c1-12(2,3)16-11(15)13-6-4-5-10(9-13)17-8-7-14/h10,14H,4-9H2,1-3H3/t10-/m0/s1. The van der Waals surface area contributed by atoms with Crippen molar-refractivity contribution in [2.45, 2.75) is 44.5 Å². The number of likely N-dealkylation sites (tertiary alicyclic amines) is 1. The summed E-state index contributed by atoms with van der Waals surface area (Å²) in [6.07, 6.45) is 1.92. The maximum Gasteiger partial charge on any atom is 0.410 e. The van der Waals surface area contributed by atoms with E-state index in [0.717, 1.165) is 31.7 Å². The van der Waals surface area contributed by atoms with Crippen LogP contribution in [0.15, 0.2) is 0 Å². The third-order valence-corrected chi connectivity index (χ3v) is 3.75. The molecule has 0 spiro atoms. The smallest absolute Gasteiger partial charge is 0.410 e. The van der Waals surface area contributed by atoms with Crippen LogP contribution >= 0.6 is 11.8 Å². The minimum Gasteiger partial charge on any atom is -0.444 e. The molecule has 0 aliphatic carbocycles. The average molecular weight is 261 g/mol. The molecule has 0 aromatic rings. The quantitative estimate of drug-likeness (QED) is 0.845. The Morgan fingerprint density at radius 2 is 2.24 bits per heavy atom. The van der Waals surface area contributed by atoms with E-state index in [2.05, 4.69) is 0 Å². The summed E-state index contributed by atoms with van der Waals surface area (Å²) < 4.78 is 5.36. The normalized spacial score (nSPS) is 21.4. The molecule has 1 rings (SSSR count). The third kappa shape index (κ3) is 5.64. The van der Waals surface area contributed by atoms with Crippen molar-refractivity contribution in [1.82, 2.24) is 4.90 Å². The summed E-state index contributed by atoms with van der Waals surface area (Å²) in [7, 11) is 0. The largest absolute Gasteiger partial charge is 0.444 e. The Balaban J connectivity index is 2.40. The molecular formula is C12H23NO3S. The van der Waals surface area contributed by atoms with E-state index in [9.17, 15) is 4.79 Å². The van der Waals surface area contributed by atoms with Gasteiger partial charge in [-0.15, -0.1) is 0 Å². The fourth-order valence-electron chi connectivity index (χ4n) is 1.79. The Morgan fingerprint density at radius 1 is 1.53 bits per heavy atom. The van der Waals surface area contributed by atoms with Gasteiger partial charge in [0.1, 0.15) is 5.60 Å². The van der Waals surface area contributed by atoms with Gasteiger partial charge < -0.3 is 14.7 Å². The minimum absolute atomic E-state index is 0.202. The Hall–Kier alpha value is -0.420. The van der Waals surface area contributed by atoms with Gasteiger partial charge in [0.25, 0.3) is 0 Å². The number of amides is 1. The van der Waals surface area contributed by atoms with E-state index >= 15 is 0 Å². The summed E-state index contributed by atoms with van der Waals surface area (Å²) in [6, 6.07) is 0. The second-order valence-electron chi connectivity index (χ2n) is 5.28. The Labute approximate surface area is 108 Å². The molecule has 0 radical (unpaired) electrons. The number of rotatable bonds is 3. The van der Waals surface area contributed by atoms with Gasteiger partial charge in [-0.3, -0.25) is 0 Å². The summed E-state index contributed by atoms with van der Waals surface area (Å²) >= 11 is 1.74. The van der Waals surface area contributed by atoms with Crippen molar-refractivity contribution in [1.29, 1.82) is 0 Å². The molecule has 0 bridgehead atoms. The lowest BCUT2D eigenvalue weighted by Gasteiger charge is -2.33. The second kappa shape index (κ2) is 6.50. The Bertz CT molecular complexity index is 253. The number of carbonyl (C=O) groups excluding carboxylic acids is 1. The highest BCUT2D eigenvalue weighted by atomic mass is 32.2. The van der Waals surface area contributed by atoms with Crippen LogP contribution in [0, 0.1) is 0 Å². The summed E-state index contributed by atoms with van der Waals surface area (Å²) in [4.78, 5) is 13.7. The highest BCUT2D eigenvalue weighted by molar-refractivity contribution is 7.99. The van der Waals surface area contributed by atoms with Crippen LogP contribution < -0.4 is 0 Å². The lowest BCUT2D eigenvalue weighted by atomic mass is 10.1. The van der Waals surface area contributed by atoms with Gasteiger partial charge in [0, 0.05) is 24.1 Å². The van der Waals surface area contributed by atoms with Crippen molar-refractivity contribution in [3.8, 4) is 0 Å². The van der Waals surface area contributed by atoms with Gasteiger partial charge in [-0.2, -0.15) is 11.8 Å². The first-order valence-electron chi connectivity index (χ1n) is 6.13. The molecule has 0 saturated carbocycles. The first-order valence-corrected chi connectivity index (χ1v) is 7.17. The van der Waals surface area contributed by atoms with E-state index in [0.29, 0.717) is 5.25 Å². The molecule has 1 heterocycles. The molecule has 0 aromatic heterocycles. The van der Waals surface area contributed by atoms with Crippen molar-refractivity contribution < 1.29 is 14.6 Å². The molecule has 1 amide bonds. The number of aliphatic hydroxyl groups excluding tert-OH is 1. The second-order valence-corrected chi connectivity index (χ2v) is 6.69. The maximum absolute atomic E-state index is 11.9. The van der Waals surface area contributed by atoms with E-state index < -0.39 is 5.60 Å². The monoisotopic (exact) mass is 261 g/mol. The highest BCUT2D eigenvalue weighted by Crippen LogP contribution is 2.23. The van der Waals surface area contributed by atoms with Crippen LogP contribution in [-0.4, -0.2) is 52.4 Å². The molecule has 1 atom stereocenters. The third-order valence-electron chi connectivity index (χ3n) is 2.47. The van der Waals surface area contributed by atoms with E-state index in [1.807, 2.05) is 20.8 Å². The molecule has 4 nitrogen and oxygen atoms in total. The zero-order chi connectivity index (χ0) is 12.9. The van der Waals surface area contributed by atoms with Gasteiger partial charge in [-0.1, -0.05) is 0 Å². The van der Waals surface area contributed by atoms with E-state index in [4.69, 9.17) is 9.84 Å². The van der Waals surface area contributed by atoms with Crippen molar-refractivity contribution >= 4 is 17.9 Å². The maximum atomic E-state index is 11.9. The van der Waals surface area contributed by atoms with Gasteiger partial charge in [-0.05, 0) is 33.6 Å². The summed E-state index contributed by atoms with van der Waals surface area (Å²) in [6.45, 7) is 7.37. The van der Waals surface area contributed by atoms with E-state index in [1.165, 1.54) is 0 Å². The first kappa shape index (κ1) is 14.6. The minimum atomic E-state index is -0.428. The molecule has 1 saturated heterocycles. The summed E-state index contributed by atoms with van der Waals surface area (Å²) in [5.74, 6) is 0.743. The van der Waals surface area contributed by atoms with Crippen LogP contribution in [0.2, 0.25) is 0 Å². The number of ether oxygens (including phenoxy) is 1. The number of piperidine rings is 1. The summed E-state index contributed by atoms with van der Waals surface area (Å²) in [5.41, 5.74) is -0.428. The van der Waals surface area contributed by atoms with Crippen LogP contribution in [0.5, 0.6) is 0 Å². The number of carbonyl (C=O) groups is 1. The number of thioether (sulfide) groups is 1. The molecule has 0 aromatic carbocycles. The van der Waals surface area contributed by atoms with Gasteiger partial charge in [-0.25, -0.2) is 4.79 Å². The average Bonchev–Trinajstić information content (AvgIpc) is 2.24. The first-order chi connectivity index (χ1) is 7.92. The molecule has 1 N–H and O–H groups in total. The number of hydrogen-bond donors (Lipinski definition) is 1. The van der Waals surface area contributed by atoms with Gasteiger partial charge in [0.05, 0.1) is 6.61 Å². The molecule has 5 heteroatoms. The van der Waals surface area contributed by atoms with Gasteiger partial charge in [0.2, 0.25) is 0 Å². The zero-order valence-corrected chi connectivity index (χ0v) is 11.8. The Morgan fingerprint density at radius 3 is 2.82 bits per heavy atom. The van der Waals surface area contributed by atoms with Crippen molar-refractivity contribution in [3.63, 3.8) is 0 Å². The van der Waals surface area contributed by atoms with Crippen LogP contribution in [-0.2, 0) is 4.74 Å². The highest BCUT2D eigenvalue weighted by Gasteiger charge is 2.27. The fraction of sp³-hybridized carbons (Fsp3) is 0.917. The molecule has 100 valence electrons. The zero-order valence-electron chi connectivity index (χ0n) is 10.9. The summed E-state index contributed by atoms with van der Waals surface area (Å²) in [5, 5.41) is 9.23. The molecule has 17 heavy (non-hydrogen) atoms. The van der Waals surface area contributed by atoms with Crippen molar-refractivity contribution in [2.24, 2.45) is 0 Å². The Kier molecular flexibility index (Phi) is 5.59. The van der Waals surface area contributed by atoms with Crippen LogP contribution in [0.25, 0.3) is 0 Å². The predicted molar refractivity (Wildman–Crippen MR) is 70.4 cm³/mol. The number of aliphatic hydroxyl groups is 1. The van der Waals surface area contributed by atoms with Crippen molar-refractivity contribution in [3.05, 3.63) is 0 Å². The molecule has 0 unspecified atom stereocenters. The van der Waals surface area contributed by atoms with Gasteiger partial charge >= 0.3 is 6.09 Å². The lowest BCUT2D eigenvalue weighted by Crippen LogP contribution is -2.43. The number of nitrogens with zero attached hydrogens (tertiary/aromatic N) is 1. The molecular weight excluding hydrogens is 238 g/mol. The topological polar surface area (TPSA) is 49.8 Å².